The van der Waals surface area contributed by atoms with Gasteiger partial charge in [0.05, 0.1) is 0 Å². The van der Waals surface area contributed by atoms with Crippen LogP contribution in [0.15, 0.2) is 23.0 Å². The minimum absolute atomic E-state index is 0.256. The number of hydrogen-bond acceptors (Lipinski definition) is 4. The minimum atomic E-state index is 0.256. The van der Waals surface area contributed by atoms with E-state index in [9.17, 15) is 4.79 Å². The molecule has 0 bridgehead atoms. The molecule has 2 heterocycles. The van der Waals surface area contributed by atoms with Gasteiger partial charge in [-0.15, -0.1) is 0 Å². The van der Waals surface area contributed by atoms with Crippen LogP contribution < -0.4 is 0 Å². The first-order valence-corrected chi connectivity index (χ1v) is 6.66. The fourth-order valence-electron chi connectivity index (χ4n) is 1.99. The van der Waals surface area contributed by atoms with Crippen molar-refractivity contribution in [3.8, 4) is 0 Å². The number of rotatable bonds is 5. The molecule has 1 fully saturated rings. The summed E-state index contributed by atoms with van der Waals surface area (Å²) in [6.45, 7) is 4.56. The highest BCUT2D eigenvalue weighted by molar-refractivity contribution is 5.99. The molecule has 0 N–H and O–H groups in total. The summed E-state index contributed by atoms with van der Waals surface area (Å²) in [5, 5.41) is 3.93. The predicted octanol–water partition coefficient (Wildman–Crippen LogP) is 2.64. The van der Waals surface area contributed by atoms with Gasteiger partial charge in [-0.2, -0.15) is 4.98 Å². The Morgan fingerprint density at radius 3 is 2.95 bits per heavy atom. The van der Waals surface area contributed by atoms with E-state index in [0.29, 0.717) is 12.4 Å². The first-order valence-electron chi connectivity index (χ1n) is 6.66. The maximum atomic E-state index is 11.9. The largest absolute Gasteiger partial charge is 0.344 e. The lowest BCUT2D eigenvalue weighted by molar-refractivity contribution is 0.0967. The summed E-state index contributed by atoms with van der Waals surface area (Å²) in [5.74, 6) is 2.06. The van der Waals surface area contributed by atoms with Crippen LogP contribution in [0, 0.1) is 5.92 Å². The molecule has 1 aliphatic rings. The van der Waals surface area contributed by atoms with Gasteiger partial charge >= 0.3 is 0 Å². The number of Topliss-reactive ketones (excluding diaryl/α,β-unsaturated/α-hetero) is 1. The molecule has 19 heavy (non-hydrogen) atoms. The summed E-state index contributed by atoms with van der Waals surface area (Å²) in [7, 11) is 0. The van der Waals surface area contributed by atoms with E-state index in [1.165, 1.54) is 0 Å². The van der Waals surface area contributed by atoms with Crippen LogP contribution >= 0.6 is 0 Å². The summed E-state index contributed by atoms with van der Waals surface area (Å²) < 4.78 is 7.10. The minimum Gasteiger partial charge on any atom is -0.344 e. The summed E-state index contributed by atoms with van der Waals surface area (Å²) in [4.78, 5) is 16.2. The fraction of sp³-hybridized carbons (Fsp3) is 0.500. The summed E-state index contributed by atoms with van der Waals surface area (Å²) >= 11 is 0. The molecule has 2 aromatic rings. The first-order chi connectivity index (χ1) is 9.13. The van der Waals surface area contributed by atoms with E-state index in [1.54, 1.807) is 0 Å². The first kappa shape index (κ1) is 12.1. The van der Waals surface area contributed by atoms with Crippen molar-refractivity contribution in [1.29, 1.82) is 0 Å². The lowest BCUT2D eigenvalue weighted by Crippen LogP contribution is -2.01. The summed E-state index contributed by atoms with van der Waals surface area (Å²) in [5.41, 5.74) is 0.783. The van der Waals surface area contributed by atoms with Gasteiger partial charge in [-0.1, -0.05) is 19.0 Å². The molecule has 0 radical (unpaired) electrons. The van der Waals surface area contributed by atoms with Gasteiger partial charge in [0.15, 0.2) is 11.6 Å². The SMILES string of the molecule is CC(C)c1noc(Cn2ccc(C(=O)C3CC3)c2)n1. The highest BCUT2D eigenvalue weighted by Crippen LogP contribution is 2.32. The van der Waals surface area contributed by atoms with E-state index in [-0.39, 0.29) is 17.6 Å². The monoisotopic (exact) mass is 259 g/mol. The Hall–Kier alpha value is -1.91. The number of aromatic nitrogens is 3. The molecule has 1 aliphatic carbocycles. The van der Waals surface area contributed by atoms with E-state index >= 15 is 0 Å². The van der Waals surface area contributed by atoms with E-state index in [0.717, 1.165) is 24.2 Å². The summed E-state index contributed by atoms with van der Waals surface area (Å²) in [6.07, 6.45) is 5.81. The van der Waals surface area contributed by atoms with E-state index in [1.807, 2.05) is 36.9 Å². The third-order valence-electron chi connectivity index (χ3n) is 3.30. The third kappa shape index (κ3) is 2.59. The van der Waals surface area contributed by atoms with Crippen LogP contribution in [0.4, 0.5) is 0 Å². The van der Waals surface area contributed by atoms with Crippen molar-refractivity contribution >= 4 is 5.78 Å². The maximum Gasteiger partial charge on any atom is 0.246 e. The van der Waals surface area contributed by atoms with Crippen molar-refractivity contribution in [2.45, 2.75) is 39.2 Å². The smallest absolute Gasteiger partial charge is 0.246 e. The fourth-order valence-corrected chi connectivity index (χ4v) is 1.99. The van der Waals surface area contributed by atoms with Crippen LogP contribution in [0.3, 0.4) is 0 Å². The van der Waals surface area contributed by atoms with E-state index in [2.05, 4.69) is 10.1 Å². The number of carbonyl (C=O) groups is 1. The Kier molecular flexibility index (Phi) is 2.97. The number of nitrogens with zero attached hydrogens (tertiary/aromatic N) is 3. The molecule has 2 aromatic heterocycles. The van der Waals surface area contributed by atoms with Crippen molar-refractivity contribution in [2.24, 2.45) is 5.92 Å². The highest BCUT2D eigenvalue weighted by atomic mass is 16.5. The normalized spacial score (nSPS) is 15.1. The molecule has 1 saturated carbocycles. The van der Waals surface area contributed by atoms with Crippen LogP contribution in [0.5, 0.6) is 0 Å². The number of hydrogen-bond donors (Lipinski definition) is 0. The van der Waals surface area contributed by atoms with Gasteiger partial charge in [0.2, 0.25) is 5.89 Å². The van der Waals surface area contributed by atoms with Gasteiger partial charge in [-0.25, -0.2) is 0 Å². The molecule has 0 spiro atoms. The standard InChI is InChI=1S/C14H17N3O2/c1-9(2)14-15-12(19-16-14)8-17-6-5-11(7-17)13(18)10-3-4-10/h5-7,9-10H,3-4,8H2,1-2H3. The Morgan fingerprint density at radius 1 is 1.53 bits per heavy atom. The maximum absolute atomic E-state index is 11.9. The second kappa shape index (κ2) is 4.64. The zero-order valence-electron chi connectivity index (χ0n) is 11.2. The Bertz CT molecular complexity index is 593. The van der Waals surface area contributed by atoms with Crippen molar-refractivity contribution in [3.63, 3.8) is 0 Å². The van der Waals surface area contributed by atoms with Gasteiger partial charge in [0, 0.05) is 29.8 Å². The predicted molar refractivity (Wildman–Crippen MR) is 69.0 cm³/mol. The molecule has 0 unspecified atom stereocenters. The van der Waals surface area contributed by atoms with Crippen molar-refractivity contribution in [3.05, 3.63) is 35.7 Å². The van der Waals surface area contributed by atoms with Crippen molar-refractivity contribution < 1.29 is 9.32 Å². The molecule has 3 rings (SSSR count). The third-order valence-corrected chi connectivity index (χ3v) is 3.30. The average molecular weight is 259 g/mol. The van der Waals surface area contributed by atoms with E-state index < -0.39 is 0 Å². The lowest BCUT2D eigenvalue weighted by Gasteiger charge is -1.97. The van der Waals surface area contributed by atoms with Crippen LogP contribution in [-0.2, 0) is 6.54 Å². The average Bonchev–Trinajstić information content (AvgIpc) is 2.94. The highest BCUT2D eigenvalue weighted by Gasteiger charge is 2.30. The van der Waals surface area contributed by atoms with Gasteiger partial charge in [-0.05, 0) is 18.9 Å². The molecule has 0 aromatic carbocycles. The molecule has 5 heteroatoms. The van der Waals surface area contributed by atoms with Gasteiger partial charge < -0.3 is 9.09 Å². The van der Waals surface area contributed by atoms with Gasteiger partial charge in [0.25, 0.3) is 0 Å². The van der Waals surface area contributed by atoms with Crippen LogP contribution in [-0.4, -0.2) is 20.5 Å². The zero-order valence-corrected chi connectivity index (χ0v) is 11.2. The zero-order chi connectivity index (χ0) is 13.4. The molecule has 100 valence electrons. The van der Waals surface area contributed by atoms with E-state index in [4.69, 9.17) is 4.52 Å². The topological polar surface area (TPSA) is 60.9 Å². The number of ketones is 1. The van der Waals surface area contributed by atoms with Crippen molar-refractivity contribution in [1.82, 2.24) is 14.7 Å². The second-order valence-corrected chi connectivity index (χ2v) is 5.41. The van der Waals surface area contributed by atoms with Crippen LogP contribution in [0.1, 0.15) is 54.7 Å². The quantitative estimate of drug-likeness (QED) is 0.774. The second-order valence-electron chi connectivity index (χ2n) is 5.41. The molecule has 0 saturated heterocycles. The molecule has 0 atom stereocenters. The van der Waals surface area contributed by atoms with Crippen LogP contribution in [0.25, 0.3) is 0 Å². The Balaban J connectivity index is 1.70. The molecule has 0 aliphatic heterocycles. The van der Waals surface area contributed by atoms with Gasteiger partial charge in [-0.3, -0.25) is 4.79 Å². The molecule has 5 nitrogen and oxygen atoms in total. The Labute approximate surface area is 111 Å². The summed E-state index contributed by atoms with van der Waals surface area (Å²) in [6, 6.07) is 1.86. The van der Waals surface area contributed by atoms with Crippen LogP contribution in [0.2, 0.25) is 0 Å². The molecule has 0 amide bonds. The lowest BCUT2D eigenvalue weighted by atomic mass is 10.1. The van der Waals surface area contributed by atoms with Gasteiger partial charge in [0.1, 0.15) is 6.54 Å². The molecular formula is C14H17N3O2. The molecular weight excluding hydrogens is 242 g/mol. The Morgan fingerprint density at radius 2 is 2.32 bits per heavy atom. The van der Waals surface area contributed by atoms with Crippen molar-refractivity contribution in [2.75, 3.05) is 0 Å². The number of carbonyl (C=O) groups excluding carboxylic acids is 1.